The summed E-state index contributed by atoms with van der Waals surface area (Å²) in [5.74, 6) is -0.0734. The van der Waals surface area contributed by atoms with Crippen LogP contribution in [0.1, 0.15) is 59.9 Å². The van der Waals surface area contributed by atoms with E-state index in [0.29, 0.717) is 13.0 Å². The Morgan fingerprint density at radius 2 is 1.50 bits per heavy atom. The van der Waals surface area contributed by atoms with E-state index in [1.165, 1.54) is 6.42 Å². The molecule has 0 aromatic heterocycles. The maximum Gasteiger partial charge on any atom is 0.243 e. The van der Waals surface area contributed by atoms with Crippen LogP contribution in [0.5, 0.6) is 0 Å². The zero-order chi connectivity index (χ0) is 25.3. The molecule has 36 heavy (non-hydrogen) atoms. The second-order valence-electron chi connectivity index (χ2n) is 10.2. The lowest BCUT2D eigenvalue weighted by atomic mass is 9.94. The monoisotopic (exact) mass is 482 g/mol. The third-order valence-electron chi connectivity index (χ3n) is 7.13. The van der Waals surface area contributed by atoms with Crippen molar-refractivity contribution in [3.05, 3.63) is 107 Å². The summed E-state index contributed by atoms with van der Waals surface area (Å²) in [5, 5.41) is 3.31. The van der Waals surface area contributed by atoms with Crippen molar-refractivity contribution < 1.29 is 9.59 Å². The molecule has 1 aliphatic rings. The molecule has 0 radical (unpaired) electrons. The molecule has 0 spiro atoms. The zero-order valence-electron chi connectivity index (χ0n) is 21.6. The Morgan fingerprint density at radius 1 is 0.806 bits per heavy atom. The summed E-state index contributed by atoms with van der Waals surface area (Å²) in [5.41, 5.74) is 5.36. The molecule has 1 unspecified atom stereocenters. The molecule has 2 amide bonds. The molecular formula is C32H38N2O2. The Bertz CT molecular complexity index is 1130. The minimum absolute atomic E-state index is 0.0277. The maximum absolute atomic E-state index is 13.9. The van der Waals surface area contributed by atoms with E-state index in [1.807, 2.05) is 73.7 Å². The van der Waals surface area contributed by atoms with Crippen molar-refractivity contribution >= 4 is 11.8 Å². The smallest absolute Gasteiger partial charge is 0.243 e. The zero-order valence-corrected chi connectivity index (χ0v) is 21.6. The van der Waals surface area contributed by atoms with Crippen LogP contribution in [0.3, 0.4) is 0 Å². The second kappa shape index (κ2) is 12.5. The average Bonchev–Trinajstić information content (AvgIpc) is 2.88. The summed E-state index contributed by atoms with van der Waals surface area (Å²) < 4.78 is 0. The van der Waals surface area contributed by atoms with E-state index >= 15 is 0 Å². The molecule has 1 fully saturated rings. The first kappa shape index (κ1) is 25.7. The van der Waals surface area contributed by atoms with Gasteiger partial charge in [-0.1, -0.05) is 109 Å². The van der Waals surface area contributed by atoms with Crippen molar-refractivity contribution in [1.29, 1.82) is 0 Å². The first-order valence-electron chi connectivity index (χ1n) is 13.2. The fourth-order valence-electron chi connectivity index (χ4n) is 5.09. The van der Waals surface area contributed by atoms with Gasteiger partial charge in [0, 0.05) is 19.0 Å². The molecule has 3 aromatic carbocycles. The molecule has 0 saturated heterocycles. The Morgan fingerprint density at radius 3 is 2.19 bits per heavy atom. The van der Waals surface area contributed by atoms with E-state index in [9.17, 15) is 9.59 Å². The lowest BCUT2D eigenvalue weighted by molar-refractivity contribution is -0.141. The second-order valence-corrected chi connectivity index (χ2v) is 10.2. The number of rotatable bonds is 9. The lowest BCUT2D eigenvalue weighted by Crippen LogP contribution is -2.53. The van der Waals surface area contributed by atoms with Crippen LogP contribution in [-0.2, 0) is 29.0 Å². The van der Waals surface area contributed by atoms with Gasteiger partial charge in [-0.15, -0.1) is 0 Å². The van der Waals surface area contributed by atoms with E-state index in [1.54, 1.807) is 4.90 Å². The van der Waals surface area contributed by atoms with Gasteiger partial charge in [-0.2, -0.15) is 0 Å². The number of benzene rings is 3. The molecule has 3 aromatic rings. The maximum atomic E-state index is 13.9. The molecule has 1 atom stereocenters. The van der Waals surface area contributed by atoms with E-state index in [2.05, 4.69) is 24.4 Å². The Balaban J connectivity index is 1.65. The summed E-state index contributed by atoms with van der Waals surface area (Å²) in [6.07, 6.45) is 6.31. The summed E-state index contributed by atoms with van der Waals surface area (Å²) in [4.78, 5) is 29.5. The Labute approximate surface area is 215 Å². The molecule has 1 N–H and O–H groups in total. The van der Waals surface area contributed by atoms with E-state index in [0.717, 1.165) is 53.5 Å². The third kappa shape index (κ3) is 7.30. The topological polar surface area (TPSA) is 49.4 Å². The highest BCUT2D eigenvalue weighted by Crippen LogP contribution is 2.21. The first-order valence-corrected chi connectivity index (χ1v) is 13.2. The van der Waals surface area contributed by atoms with Crippen molar-refractivity contribution in [1.82, 2.24) is 10.2 Å². The highest BCUT2D eigenvalue weighted by Gasteiger charge is 2.32. The van der Waals surface area contributed by atoms with Crippen LogP contribution < -0.4 is 5.32 Å². The van der Waals surface area contributed by atoms with E-state index < -0.39 is 6.04 Å². The third-order valence-corrected chi connectivity index (χ3v) is 7.13. The Kier molecular flexibility index (Phi) is 8.94. The molecule has 0 heterocycles. The van der Waals surface area contributed by atoms with Gasteiger partial charge in [0.15, 0.2) is 0 Å². The van der Waals surface area contributed by atoms with Crippen molar-refractivity contribution in [2.24, 2.45) is 0 Å². The van der Waals surface area contributed by atoms with Crippen LogP contribution in [0, 0.1) is 13.8 Å². The van der Waals surface area contributed by atoms with Crippen LogP contribution in [0.4, 0.5) is 0 Å². The van der Waals surface area contributed by atoms with Gasteiger partial charge < -0.3 is 10.2 Å². The highest BCUT2D eigenvalue weighted by atomic mass is 16.2. The number of nitrogens with zero attached hydrogens (tertiary/aromatic N) is 1. The van der Waals surface area contributed by atoms with E-state index in [-0.39, 0.29) is 24.3 Å². The van der Waals surface area contributed by atoms with Crippen molar-refractivity contribution in [3.63, 3.8) is 0 Å². The molecule has 0 aliphatic heterocycles. The van der Waals surface area contributed by atoms with Gasteiger partial charge in [-0.3, -0.25) is 9.59 Å². The van der Waals surface area contributed by atoms with Crippen molar-refractivity contribution in [3.8, 4) is 0 Å². The highest BCUT2D eigenvalue weighted by molar-refractivity contribution is 5.89. The normalized spacial score (nSPS) is 14.7. The molecule has 4 rings (SSSR count). The quantitative estimate of drug-likeness (QED) is 0.411. The number of carbonyl (C=O) groups excluding carboxylic acids is 2. The SMILES string of the molecule is Cc1ccc(CC(=O)N(Cc2cccc(C)c2)C(Cc2ccccc2)C(=O)NC2CCCCC2)cc1. The summed E-state index contributed by atoms with van der Waals surface area (Å²) in [7, 11) is 0. The Hall–Kier alpha value is -3.40. The predicted molar refractivity (Wildman–Crippen MR) is 146 cm³/mol. The number of hydrogen-bond acceptors (Lipinski definition) is 2. The first-order chi connectivity index (χ1) is 17.5. The number of hydrogen-bond donors (Lipinski definition) is 1. The lowest BCUT2D eigenvalue weighted by Gasteiger charge is -2.33. The summed E-state index contributed by atoms with van der Waals surface area (Å²) in [6, 6.07) is 25.9. The number of nitrogens with one attached hydrogen (secondary N) is 1. The molecule has 1 saturated carbocycles. The van der Waals surface area contributed by atoms with Crippen molar-refractivity contribution in [2.45, 2.75) is 77.4 Å². The fraction of sp³-hybridized carbons (Fsp3) is 0.375. The van der Waals surface area contributed by atoms with E-state index in [4.69, 9.17) is 0 Å². The molecule has 4 nitrogen and oxygen atoms in total. The van der Waals surface area contributed by atoms with Gasteiger partial charge in [0.2, 0.25) is 11.8 Å². The number of carbonyl (C=O) groups is 2. The van der Waals surface area contributed by atoms with Crippen LogP contribution in [-0.4, -0.2) is 28.8 Å². The largest absolute Gasteiger partial charge is 0.352 e. The van der Waals surface area contributed by atoms with Gasteiger partial charge in [0.05, 0.1) is 6.42 Å². The van der Waals surface area contributed by atoms with Gasteiger partial charge in [-0.25, -0.2) is 0 Å². The minimum atomic E-state index is -0.576. The molecule has 0 bridgehead atoms. The molecule has 4 heteroatoms. The van der Waals surface area contributed by atoms with Gasteiger partial charge in [0.25, 0.3) is 0 Å². The van der Waals surface area contributed by atoms with Crippen LogP contribution >= 0.6 is 0 Å². The fourth-order valence-corrected chi connectivity index (χ4v) is 5.09. The van der Waals surface area contributed by atoms with Gasteiger partial charge >= 0.3 is 0 Å². The molecule has 188 valence electrons. The summed E-state index contributed by atoms with van der Waals surface area (Å²) in [6.45, 7) is 4.50. The van der Waals surface area contributed by atoms with Gasteiger partial charge in [0.1, 0.15) is 6.04 Å². The van der Waals surface area contributed by atoms with Crippen LogP contribution in [0.15, 0.2) is 78.9 Å². The average molecular weight is 483 g/mol. The van der Waals surface area contributed by atoms with Crippen molar-refractivity contribution in [2.75, 3.05) is 0 Å². The molecular weight excluding hydrogens is 444 g/mol. The predicted octanol–water partition coefficient (Wildman–Crippen LogP) is 5.93. The number of amides is 2. The van der Waals surface area contributed by atoms with Crippen LogP contribution in [0.2, 0.25) is 0 Å². The van der Waals surface area contributed by atoms with Crippen LogP contribution in [0.25, 0.3) is 0 Å². The summed E-state index contributed by atoms with van der Waals surface area (Å²) >= 11 is 0. The minimum Gasteiger partial charge on any atom is -0.352 e. The molecule has 1 aliphatic carbocycles. The number of aryl methyl sites for hydroxylation is 2. The standard InChI is InChI=1S/C32H38N2O2/c1-24-16-18-27(19-17-24)22-31(35)34(23-28-13-9-10-25(2)20-28)30(21-26-11-5-3-6-12-26)32(36)33-29-14-7-4-8-15-29/h3,5-6,9-13,16-20,29-30H,4,7-8,14-15,21-23H2,1-2H3,(H,33,36). The van der Waals surface area contributed by atoms with Gasteiger partial charge in [-0.05, 0) is 43.4 Å².